The largest absolute Gasteiger partial charge is 0.338 e. The number of hydrogen-bond donors (Lipinski definition) is 0. The standard InChI is InChI=1S/C22H24N6OS/c1-13(2)19-24-21(29-27-19)16(5)30-22-26-25-20(17-8-10-23-11-9-17)28(22)18-7-6-14(3)15(4)12-18/h6-13,16H,1-5H3. The summed E-state index contributed by atoms with van der Waals surface area (Å²) >= 11 is 1.55. The smallest absolute Gasteiger partial charge is 0.239 e. The Kier molecular flexibility index (Phi) is 5.67. The summed E-state index contributed by atoms with van der Waals surface area (Å²) in [5, 5.41) is 13.8. The Balaban J connectivity index is 1.75. The molecule has 0 aliphatic carbocycles. The van der Waals surface area contributed by atoms with Gasteiger partial charge in [-0.05, 0) is 56.2 Å². The minimum absolute atomic E-state index is 0.0650. The molecule has 0 aliphatic heterocycles. The molecule has 0 N–H and O–H groups in total. The molecule has 1 aromatic carbocycles. The number of thioether (sulfide) groups is 1. The van der Waals surface area contributed by atoms with Crippen LogP contribution in [0.15, 0.2) is 52.4 Å². The molecule has 0 spiro atoms. The van der Waals surface area contributed by atoms with Gasteiger partial charge in [-0.25, -0.2) is 0 Å². The summed E-state index contributed by atoms with van der Waals surface area (Å²) in [6.45, 7) is 10.3. The van der Waals surface area contributed by atoms with Crippen LogP contribution in [0.3, 0.4) is 0 Å². The third-order valence-electron chi connectivity index (χ3n) is 4.92. The number of rotatable bonds is 6. The molecule has 0 bridgehead atoms. The first-order valence-electron chi connectivity index (χ1n) is 9.87. The highest BCUT2D eigenvalue weighted by molar-refractivity contribution is 7.99. The number of pyridine rings is 1. The normalized spacial score (nSPS) is 12.5. The lowest BCUT2D eigenvalue weighted by atomic mass is 10.1. The lowest BCUT2D eigenvalue weighted by Crippen LogP contribution is -2.02. The van der Waals surface area contributed by atoms with Crippen LogP contribution in [0.1, 0.15) is 54.8 Å². The van der Waals surface area contributed by atoms with Gasteiger partial charge in [-0.1, -0.05) is 36.8 Å². The second-order valence-corrected chi connectivity index (χ2v) is 8.86. The van der Waals surface area contributed by atoms with Gasteiger partial charge in [-0.2, -0.15) is 4.98 Å². The Hall–Kier alpha value is -3.00. The van der Waals surface area contributed by atoms with E-state index in [1.165, 1.54) is 11.1 Å². The number of nitrogens with zero attached hydrogens (tertiary/aromatic N) is 6. The first kappa shape index (κ1) is 20.3. The van der Waals surface area contributed by atoms with E-state index in [1.807, 2.05) is 32.9 Å². The lowest BCUT2D eigenvalue weighted by Gasteiger charge is -2.13. The quantitative estimate of drug-likeness (QED) is 0.391. The fourth-order valence-electron chi connectivity index (χ4n) is 2.99. The highest BCUT2D eigenvalue weighted by Crippen LogP contribution is 2.36. The van der Waals surface area contributed by atoms with Crippen molar-refractivity contribution in [1.82, 2.24) is 29.9 Å². The maximum atomic E-state index is 5.48. The van der Waals surface area contributed by atoms with Crippen LogP contribution in [-0.2, 0) is 0 Å². The zero-order chi connectivity index (χ0) is 21.3. The van der Waals surface area contributed by atoms with Crippen molar-refractivity contribution in [3.05, 3.63) is 65.6 Å². The summed E-state index contributed by atoms with van der Waals surface area (Å²) in [6.07, 6.45) is 3.52. The van der Waals surface area contributed by atoms with Gasteiger partial charge in [0, 0.05) is 23.9 Å². The summed E-state index contributed by atoms with van der Waals surface area (Å²) < 4.78 is 7.56. The zero-order valence-electron chi connectivity index (χ0n) is 17.7. The van der Waals surface area contributed by atoms with Crippen LogP contribution in [0.2, 0.25) is 0 Å². The lowest BCUT2D eigenvalue weighted by molar-refractivity contribution is 0.373. The molecule has 154 valence electrons. The molecule has 0 fully saturated rings. The molecule has 7 nitrogen and oxygen atoms in total. The van der Waals surface area contributed by atoms with Crippen LogP contribution >= 0.6 is 11.8 Å². The molecule has 8 heteroatoms. The van der Waals surface area contributed by atoms with E-state index in [-0.39, 0.29) is 11.2 Å². The maximum Gasteiger partial charge on any atom is 0.239 e. The minimum atomic E-state index is -0.0650. The number of aromatic nitrogens is 6. The predicted molar refractivity (Wildman–Crippen MR) is 117 cm³/mol. The number of hydrogen-bond acceptors (Lipinski definition) is 7. The van der Waals surface area contributed by atoms with Crippen molar-refractivity contribution >= 4 is 11.8 Å². The van der Waals surface area contributed by atoms with Gasteiger partial charge in [0.15, 0.2) is 16.8 Å². The molecule has 0 radical (unpaired) electrons. The van der Waals surface area contributed by atoms with Crippen molar-refractivity contribution < 1.29 is 4.52 Å². The Morgan fingerprint density at radius 3 is 2.40 bits per heavy atom. The van der Waals surface area contributed by atoms with Crippen LogP contribution in [0.5, 0.6) is 0 Å². The van der Waals surface area contributed by atoms with E-state index in [9.17, 15) is 0 Å². The van der Waals surface area contributed by atoms with Crippen molar-refractivity contribution in [3.63, 3.8) is 0 Å². The van der Waals surface area contributed by atoms with E-state index in [4.69, 9.17) is 4.52 Å². The van der Waals surface area contributed by atoms with Gasteiger partial charge < -0.3 is 4.52 Å². The molecule has 1 unspecified atom stereocenters. The van der Waals surface area contributed by atoms with Gasteiger partial charge in [0.2, 0.25) is 5.89 Å². The third kappa shape index (κ3) is 4.00. The first-order chi connectivity index (χ1) is 14.4. The van der Waals surface area contributed by atoms with Crippen molar-refractivity contribution in [2.45, 2.75) is 50.9 Å². The molecule has 4 rings (SSSR count). The van der Waals surface area contributed by atoms with Crippen LogP contribution in [-0.4, -0.2) is 29.9 Å². The minimum Gasteiger partial charge on any atom is -0.338 e. The van der Waals surface area contributed by atoms with E-state index in [0.29, 0.717) is 11.7 Å². The molecule has 0 amide bonds. The Morgan fingerprint density at radius 2 is 1.73 bits per heavy atom. The van der Waals surface area contributed by atoms with Gasteiger partial charge in [0.05, 0.1) is 10.9 Å². The van der Waals surface area contributed by atoms with Crippen molar-refractivity contribution in [2.75, 3.05) is 0 Å². The van der Waals surface area contributed by atoms with E-state index < -0.39 is 0 Å². The first-order valence-corrected chi connectivity index (χ1v) is 10.8. The van der Waals surface area contributed by atoms with Gasteiger partial charge in [0.25, 0.3) is 0 Å². The third-order valence-corrected chi connectivity index (χ3v) is 5.95. The predicted octanol–water partition coefficient (Wildman–Crippen LogP) is 5.31. The van der Waals surface area contributed by atoms with E-state index in [0.717, 1.165) is 22.2 Å². The molecule has 3 heterocycles. The summed E-state index contributed by atoms with van der Waals surface area (Å²) in [7, 11) is 0. The molecule has 0 saturated heterocycles. The fourth-order valence-corrected chi connectivity index (χ4v) is 3.89. The average molecular weight is 421 g/mol. The van der Waals surface area contributed by atoms with Crippen LogP contribution in [0.25, 0.3) is 17.1 Å². The van der Waals surface area contributed by atoms with Gasteiger partial charge in [0.1, 0.15) is 0 Å². The van der Waals surface area contributed by atoms with Crippen molar-refractivity contribution in [2.24, 2.45) is 0 Å². The molecule has 4 aromatic rings. The Labute approximate surface area is 180 Å². The zero-order valence-corrected chi connectivity index (χ0v) is 18.5. The van der Waals surface area contributed by atoms with E-state index in [2.05, 4.69) is 61.9 Å². The number of aryl methyl sites for hydroxylation is 2. The van der Waals surface area contributed by atoms with Gasteiger partial charge >= 0.3 is 0 Å². The van der Waals surface area contributed by atoms with Gasteiger partial charge in [-0.3, -0.25) is 9.55 Å². The Bertz CT molecular complexity index is 1150. The summed E-state index contributed by atoms with van der Waals surface area (Å²) in [5.41, 5.74) is 4.42. The highest BCUT2D eigenvalue weighted by atomic mass is 32.2. The molecule has 0 saturated carbocycles. The Morgan fingerprint density at radius 1 is 0.967 bits per heavy atom. The molecule has 0 aliphatic rings. The molecular weight excluding hydrogens is 396 g/mol. The van der Waals surface area contributed by atoms with E-state index in [1.54, 1.807) is 24.2 Å². The van der Waals surface area contributed by atoms with E-state index >= 15 is 0 Å². The summed E-state index contributed by atoms with van der Waals surface area (Å²) in [4.78, 5) is 8.65. The van der Waals surface area contributed by atoms with Crippen LogP contribution in [0.4, 0.5) is 0 Å². The average Bonchev–Trinajstić information content (AvgIpc) is 3.38. The molecule has 1 atom stereocenters. The molecule has 30 heavy (non-hydrogen) atoms. The van der Waals surface area contributed by atoms with Gasteiger partial charge in [-0.15, -0.1) is 10.2 Å². The molecule has 3 aromatic heterocycles. The molecular formula is C22H24N6OS. The topological polar surface area (TPSA) is 82.5 Å². The summed E-state index contributed by atoms with van der Waals surface area (Å²) in [6, 6.07) is 10.2. The van der Waals surface area contributed by atoms with Crippen molar-refractivity contribution in [1.29, 1.82) is 0 Å². The highest BCUT2D eigenvalue weighted by Gasteiger charge is 2.23. The maximum absolute atomic E-state index is 5.48. The van der Waals surface area contributed by atoms with Crippen LogP contribution < -0.4 is 0 Å². The number of benzene rings is 1. The van der Waals surface area contributed by atoms with Crippen LogP contribution in [0, 0.1) is 13.8 Å². The SMILES string of the molecule is Cc1ccc(-n2c(SC(C)c3nc(C(C)C)no3)nnc2-c2ccncc2)cc1C. The second-order valence-electron chi connectivity index (χ2n) is 7.55. The van der Waals surface area contributed by atoms with Crippen molar-refractivity contribution in [3.8, 4) is 17.1 Å². The second kappa shape index (κ2) is 8.39. The summed E-state index contributed by atoms with van der Waals surface area (Å²) in [5.74, 6) is 2.29. The monoisotopic (exact) mass is 420 g/mol. The fraction of sp³-hybridized carbons (Fsp3) is 0.318.